The lowest BCUT2D eigenvalue weighted by molar-refractivity contribution is 0.319. The number of hydrogen-bond donors (Lipinski definition) is 2. The fraction of sp³-hybridized carbons (Fsp3) is 0.125. The second kappa shape index (κ2) is 3.58. The summed E-state index contributed by atoms with van der Waals surface area (Å²) >= 11 is 3.30. The van der Waals surface area contributed by atoms with Crippen molar-refractivity contribution >= 4 is 27.3 Å². The monoisotopic (exact) mass is 228 g/mol. The van der Waals surface area contributed by atoms with Gasteiger partial charge in [-0.15, -0.1) is 0 Å². The summed E-state index contributed by atoms with van der Waals surface area (Å²) in [6, 6.07) is 5.40. The Labute approximate surface area is 79.0 Å². The summed E-state index contributed by atoms with van der Waals surface area (Å²) in [5, 5.41) is 11.6. The quantitative estimate of drug-likeness (QED) is 0.335. The molecule has 0 heterocycles. The van der Waals surface area contributed by atoms with Crippen molar-refractivity contribution in [1.29, 1.82) is 0 Å². The number of oxime groups is 1. The van der Waals surface area contributed by atoms with E-state index in [1.165, 1.54) is 0 Å². The first-order chi connectivity index (χ1) is 5.65. The van der Waals surface area contributed by atoms with Crippen LogP contribution in [0.4, 0.5) is 5.69 Å². The molecule has 0 aliphatic heterocycles. The van der Waals surface area contributed by atoms with Gasteiger partial charge in [0.25, 0.3) is 0 Å². The van der Waals surface area contributed by atoms with Crippen LogP contribution in [-0.2, 0) is 0 Å². The molecule has 0 amide bonds. The van der Waals surface area contributed by atoms with Gasteiger partial charge in [0.05, 0.1) is 5.71 Å². The van der Waals surface area contributed by atoms with Crippen molar-refractivity contribution in [3.63, 3.8) is 0 Å². The van der Waals surface area contributed by atoms with Crippen LogP contribution in [0.3, 0.4) is 0 Å². The van der Waals surface area contributed by atoms with Gasteiger partial charge in [0.15, 0.2) is 0 Å². The van der Waals surface area contributed by atoms with Crippen molar-refractivity contribution < 1.29 is 5.21 Å². The Morgan fingerprint density at radius 3 is 2.83 bits per heavy atom. The molecule has 0 aliphatic rings. The van der Waals surface area contributed by atoms with Crippen LogP contribution in [-0.4, -0.2) is 10.9 Å². The van der Waals surface area contributed by atoms with Crippen molar-refractivity contribution in [3.8, 4) is 0 Å². The van der Waals surface area contributed by atoms with E-state index in [4.69, 9.17) is 10.9 Å². The molecule has 64 valence electrons. The molecule has 3 N–H and O–H groups in total. The highest BCUT2D eigenvalue weighted by Crippen LogP contribution is 2.18. The molecule has 0 saturated heterocycles. The number of nitrogen functional groups attached to an aromatic ring is 1. The lowest BCUT2D eigenvalue weighted by Gasteiger charge is -2.03. The van der Waals surface area contributed by atoms with Crippen molar-refractivity contribution in [2.75, 3.05) is 5.73 Å². The maximum Gasteiger partial charge on any atom is 0.0857 e. The van der Waals surface area contributed by atoms with E-state index in [9.17, 15) is 0 Å². The minimum atomic E-state index is 0.508. The molecule has 4 heteroatoms. The highest BCUT2D eigenvalue weighted by molar-refractivity contribution is 9.10. The highest BCUT2D eigenvalue weighted by Gasteiger charge is 2.02. The van der Waals surface area contributed by atoms with Gasteiger partial charge in [-0.2, -0.15) is 0 Å². The van der Waals surface area contributed by atoms with E-state index in [0.717, 1.165) is 10.0 Å². The Morgan fingerprint density at radius 1 is 1.58 bits per heavy atom. The number of nitrogens with two attached hydrogens (primary N) is 1. The first-order valence-corrected chi connectivity index (χ1v) is 4.18. The predicted molar refractivity (Wildman–Crippen MR) is 52.6 cm³/mol. The average Bonchev–Trinajstić information content (AvgIpc) is 2.08. The van der Waals surface area contributed by atoms with Crippen LogP contribution in [0.1, 0.15) is 12.5 Å². The SMILES string of the molecule is CC(=NO)c1cc(Br)ccc1N. The largest absolute Gasteiger partial charge is 0.411 e. The minimum absolute atomic E-state index is 0.508. The van der Waals surface area contributed by atoms with E-state index < -0.39 is 0 Å². The number of rotatable bonds is 1. The van der Waals surface area contributed by atoms with Crippen molar-refractivity contribution in [3.05, 3.63) is 28.2 Å². The summed E-state index contributed by atoms with van der Waals surface area (Å²) in [7, 11) is 0. The third-order valence-corrected chi connectivity index (χ3v) is 2.05. The Balaban J connectivity index is 3.23. The van der Waals surface area contributed by atoms with Crippen LogP contribution in [0.2, 0.25) is 0 Å². The molecule has 12 heavy (non-hydrogen) atoms. The molecule has 0 radical (unpaired) electrons. The molecule has 0 spiro atoms. The second-order valence-electron chi connectivity index (χ2n) is 2.42. The number of hydrogen-bond acceptors (Lipinski definition) is 3. The van der Waals surface area contributed by atoms with E-state index in [0.29, 0.717) is 11.4 Å². The summed E-state index contributed by atoms with van der Waals surface area (Å²) < 4.78 is 0.912. The zero-order valence-corrected chi connectivity index (χ0v) is 8.17. The highest BCUT2D eigenvalue weighted by atomic mass is 79.9. The van der Waals surface area contributed by atoms with Gasteiger partial charge in [0.2, 0.25) is 0 Å². The molecule has 0 aromatic heterocycles. The van der Waals surface area contributed by atoms with Crippen LogP contribution in [0, 0.1) is 0 Å². The Hall–Kier alpha value is -1.03. The van der Waals surface area contributed by atoms with E-state index in [-0.39, 0.29) is 0 Å². The lowest BCUT2D eigenvalue weighted by Crippen LogP contribution is -2.00. The van der Waals surface area contributed by atoms with Crippen molar-refractivity contribution in [1.82, 2.24) is 0 Å². The summed E-state index contributed by atoms with van der Waals surface area (Å²) in [6.45, 7) is 1.69. The summed E-state index contributed by atoms with van der Waals surface area (Å²) in [5.41, 5.74) is 7.51. The number of nitrogens with zero attached hydrogens (tertiary/aromatic N) is 1. The number of benzene rings is 1. The fourth-order valence-corrected chi connectivity index (χ4v) is 1.26. The van der Waals surface area contributed by atoms with E-state index in [2.05, 4.69) is 21.1 Å². The predicted octanol–water partition coefficient (Wildman–Crippen LogP) is 2.23. The molecule has 1 aromatic carbocycles. The summed E-state index contributed by atoms with van der Waals surface area (Å²) in [4.78, 5) is 0. The summed E-state index contributed by atoms with van der Waals surface area (Å²) in [5.74, 6) is 0. The van der Waals surface area contributed by atoms with Crippen LogP contribution < -0.4 is 5.73 Å². The van der Waals surface area contributed by atoms with Gasteiger partial charge in [0, 0.05) is 15.7 Å². The maximum atomic E-state index is 8.52. The van der Waals surface area contributed by atoms with Crippen molar-refractivity contribution in [2.45, 2.75) is 6.92 Å². The molecular weight excluding hydrogens is 220 g/mol. The zero-order valence-electron chi connectivity index (χ0n) is 6.58. The van der Waals surface area contributed by atoms with E-state index in [1.54, 1.807) is 13.0 Å². The van der Waals surface area contributed by atoms with Gasteiger partial charge in [-0.1, -0.05) is 21.1 Å². The molecule has 0 bridgehead atoms. The first-order valence-electron chi connectivity index (χ1n) is 3.39. The van der Waals surface area contributed by atoms with Crippen LogP contribution in [0.25, 0.3) is 0 Å². The van der Waals surface area contributed by atoms with Gasteiger partial charge in [0.1, 0.15) is 0 Å². The molecule has 0 saturated carbocycles. The molecule has 1 rings (SSSR count). The summed E-state index contributed by atoms with van der Waals surface area (Å²) in [6.07, 6.45) is 0. The van der Waals surface area contributed by atoms with Crippen LogP contribution >= 0.6 is 15.9 Å². The van der Waals surface area contributed by atoms with Crippen LogP contribution in [0.15, 0.2) is 27.8 Å². The Bertz CT molecular complexity index is 323. The molecule has 3 nitrogen and oxygen atoms in total. The number of halogens is 1. The van der Waals surface area contributed by atoms with Gasteiger partial charge in [-0.05, 0) is 25.1 Å². The van der Waals surface area contributed by atoms with E-state index in [1.807, 2.05) is 12.1 Å². The molecular formula is C8H9BrN2O. The molecule has 0 unspecified atom stereocenters. The van der Waals surface area contributed by atoms with Crippen LogP contribution in [0.5, 0.6) is 0 Å². The number of anilines is 1. The molecule has 0 fully saturated rings. The second-order valence-corrected chi connectivity index (χ2v) is 3.33. The van der Waals surface area contributed by atoms with Crippen molar-refractivity contribution in [2.24, 2.45) is 5.16 Å². The fourth-order valence-electron chi connectivity index (χ4n) is 0.896. The van der Waals surface area contributed by atoms with Gasteiger partial charge in [-0.25, -0.2) is 0 Å². The molecule has 1 aromatic rings. The Morgan fingerprint density at radius 2 is 2.25 bits per heavy atom. The minimum Gasteiger partial charge on any atom is -0.411 e. The molecule has 0 atom stereocenters. The Kier molecular flexibility index (Phi) is 2.70. The van der Waals surface area contributed by atoms with Gasteiger partial charge >= 0.3 is 0 Å². The third-order valence-electron chi connectivity index (χ3n) is 1.56. The smallest absolute Gasteiger partial charge is 0.0857 e. The standard InChI is InChI=1S/C8H9BrN2O/c1-5(11-12)7-4-6(9)2-3-8(7)10/h2-4,12H,10H2,1H3. The lowest BCUT2D eigenvalue weighted by atomic mass is 10.1. The maximum absolute atomic E-state index is 8.52. The molecule has 0 aliphatic carbocycles. The normalized spacial score (nSPS) is 11.7. The average molecular weight is 229 g/mol. The van der Waals surface area contributed by atoms with Gasteiger partial charge in [-0.3, -0.25) is 0 Å². The third kappa shape index (κ3) is 1.76. The zero-order chi connectivity index (χ0) is 9.14. The first kappa shape index (κ1) is 9.06. The topological polar surface area (TPSA) is 58.6 Å². The van der Waals surface area contributed by atoms with Gasteiger partial charge < -0.3 is 10.9 Å². The van der Waals surface area contributed by atoms with E-state index >= 15 is 0 Å².